The topological polar surface area (TPSA) is 94.4 Å². The van der Waals surface area contributed by atoms with Gasteiger partial charge in [0.1, 0.15) is 11.3 Å². The molecule has 5 rings (SSSR count). The number of morpholine rings is 1. The van der Waals surface area contributed by atoms with Gasteiger partial charge < -0.3 is 24.3 Å². The molecule has 0 spiro atoms. The Morgan fingerprint density at radius 3 is 2.87 bits per heavy atom. The van der Waals surface area contributed by atoms with E-state index in [4.69, 9.17) is 14.5 Å². The minimum absolute atomic E-state index is 0.118. The van der Waals surface area contributed by atoms with E-state index in [-0.39, 0.29) is 5.91 Å². The number of nitrogens with zero attached hydrogens (tertiary/aromatic N) is 5. The number of aryl methyl sites for hydroxylation is 1. The fourth-order valence-corrected chi connectivity index (χ4v) is 4.10. The van der Waals surface area contributed by atoms with E-state index in [1.807, 2.05) is 36.0 Å². The van der Waals surface area contributed by atoms with Crippen LogP contribution in [-0.2, 0) is 16.6 Å². The van der Waals surface area contributed by atoms with E-state index in [1.54, 1.807) is 6.33 Å². The average Bonchev–Trinajstić information content (AvgIpc) is 3.39. The summed E-state index contributed by atoms with van der Waals surface area (Å²) in [7, 11) is 1.93. The van der Waals surface area contributed by atoms with Gasteiger partial charge in [-0.1, -0.05) is 0 Å². The van der Waals surface area contributed by atoms with Gasteiger partial charge in [-0.25, -0.2) is 15.0 Å². The van der Waals surface area contributed by atoms with Gasteiger partial charge in [-0.3, -0.25) is 4.79 Å². The Morgan fingerprint density at radius 2 is 2.13 bits per heavy atom. The number of nitrogens with one attached hydrogen (secondary N) is 1. The van der Waals surface area contributed by atoms with Gasteiger partial charge in [0.2, 0.25) is 11.8 Å². The average molecular weight is 422 g/mol. The molecule has 5 heterocycles. The van der Waals surface area contributed by atoms with Crippen LogP contribution in [0.5, 0.6) is 5.88 Å². The number of rotatable bonds is 6. The first-order valence-corrected chi connectivity index (χ1v) is 10.7. The Morgan fingerprint density at radius 1 is 1.26 bits per heavy atom. The summed E-state index contributed by atoms with van der Waals surface area (Å²) in [4.78, 5) is 27.6. The zero-order chi connectivity index (χ0) is 21.2. The van der Waals surface area contributed by atoms with Crippen LogP contribution in [0.2, 0.25) is 0 Å². The SMILES string of the molecule is Cn1cnc2cc(-c3ccc(N4CCOCC4)nc3)nc(OCC[C@H]3CNC(=O)C3)c21. The van der Waals surface area contributed by atoms with Gasteiger partial charge in [0, 0.05) is 44.9 Å². The van der Waals surface area contributed by atoms with Crippen LogP contribution in [0.4, 0.5) is 5.82 Å². The molecule has 2 aliphatic rings. The monoisotopic (exact) mass is 422 g/mol. The summed E-state index contributed by atoms with van der Waals surface area (Å²) in [5, 5.41) is 2.87. The second-order valence-electron chi connectivity index (χ2n) is 8.05. The number of imidazole rings is 1. The van der Waals surface area contributed by atoms with E-state index in [0.717, 1.165) is 67.4 Å². The first kappa shape index (κ1) is 19.7. The van der Waals surface area contributed by atoms with Crippen LogP contribution in [-0.4, -0.2) is 64.9 Å². The summed E-state index contributed by atoms with van der Waals surface area (Å²) < 4.78 is 13.4. The van der Waals surface area contributed by atoms with Crippen LogP contribution in [0.1, 0.15) is 12.8 Å². The fraction of sp³-hybridized carbons (Fsp3) is 0.455. The highest BCUT2D eigenvalue weighted by Gasteiger charge is 2.22. The third-order valence-electron chi connectivity index (χ3n) is 5.87. The van der Waals surface area contributed by atoms with E-state index < -0.39 is 0 Å². The highest BCUT2D eigenvalue weighted by molar-refractivity contribution is 5.84. The molecule has 2 fully saturated rings. The molecule has 0 bridgehead atoms. The van der Waals surface area contributed by atoms with Crippen LogP contribution in [0.3, 0.4) is 0 Å². The predicted octanol–water partition coefficient (Wildman–Crippen LogP) is 1.77. The zero-order valence-electron chi connectivity index (χ0n) is 17.6. The maximum absolute atomic E-state index is 11.4. The van der Waals surface area contributed by atoms with Gasteiger partial charge in [-0.2, -0.15) is 0 Å². The molecule has 3 aromatic rings. The van der Waals surface area contributed by atoms with Crippen LogP contribution >= 0.6 is 0 Å². The van der Waals surface area contributed by atoms with Crippen LogP contribution < -0.4 is 15.0 Å². The second kappa shape index (κ2) is 8.50. The van der Waals surface area contributed by atoms with Gasteiger partial charge in [0.05, 0.1) is 37.4 Å². The van der Waals surface area contributed by atoms with Crippen molar-refractivity contribution >= 4 is 22.8 Å². The molecule has 1 N–H and O–H groups in total. The number of carbonyl (C=O) groups is 1. The number of hydrogen-bond donors (Lipinski definition) is 1. The molecule has 0 aliphatic carbocycles. The lowest BCUT2D eigenvalue weighted by Gasteiger charge is -2.27. The maximum atomic E-state index is 11.4. The standard InChI is InChI=1S/C22H26N6O3/c1-27-14-25-18-11-17(16-2-3-19(23-13-16)28-5-8-30-9-6-28)26-22(21(18)27)31-7-4-15-10-20(29)24-12-15/h2-3,11,13-15H,4-10,12H2,1H3,(H,24,29)/t15-/m1/s1. The van der Waals surface area contributed by atoms with Crippen LogP contribution in [0.25, 0.3) is 22.3 Å². The van der Waals surface area contributed by atoms with E-state index in [0.29, 0.717) is 24.8 Å². The minimum Gasteiger partial charge on any atom is -0.476 e. The first-order valence-electron chi connectivity index (χ1n) is 10.7. The van der Waals surface area contributed by atoms with Crippen molar-refractivity contribution in [3.8, 4) is 17.1 Å². The summed E-state index contributed by atoms with van der Waals surface area (Å²) in [6.07, 6.45) is 4.99. The van der Waals surface area contributed by atoms with Crippen LogP contribution in [0.15, 0.2) is 30.7 Å². The molecule has 1 atom stereocenters. The van der Waals surface area contributed by atoms with E-state index in [1.165, 1.54) is 0 Å². The minimum atomic E-state index is 0.118. The number of amides is 1. The Balaban J connectivity index is 1.37. The van der Waals surface area contributed by atoms with Gasteiger partial charge in [0.25, 0.3) is 0 Å². The van der Waals surface area contributed by atoms with E-state index in [2.05, 4.69) is 20.2 Å². The van der Waals surface area contributed by atoms with Crippen molar-refractivity contribution < 1.29 is 14.3 Å². The molecule has 0 saturated carbocycles. The number of ether oxygens (including phenoxy) is 2. The molecule has 162 valence electrons. The van der Waals surface area contributed by atoms with Gasteiger partial charge in [-0.05, 0) is 30.5 Å². The van der Waals surface area contributed by atoms with Crippen molar-refractivity contribution in [2.75, 3.05) is 44.4 Å². The van der Waals surface area contributed by atoms with Crippen molar-refractivity contribution in [2.45, 2.75) is 12.8 Å². The summed E-state index contributed by atoms with van der Waals surface area (Å²) in [6, 6.07) is 6.03. The molecule has 0 radical (unpaired) electrons. The zero-order valence-corrected chi connectivity index (χ0v) is 17.6. The molecule has 0 aromatic carbocycles. The van der Waals surface area contributed by atoms with Crippen molar-refractivity contribution in [2.24, 2.45) is 13.0 Å². The van der Waals surface area contributed by atoms with Gasteiger partial charge in [-0.15, -0.1) is 0 Å². The normalized spacial score (nSPS) is 19.1. The smallest absolute Gasteiger partial charge is 0.240 e. The lowest BCUT2D eigenvalue weighted by Crippen LogP contribution is -2.36. The summed E-state index contributed by atoms with van der Waals surface area (Å²) in [5.41, 5.74) is 3.39. The molecule has 2 aliphatic heterocycles. The van der Waals surface area contributed by atoms with Gasteiger partial charge >= 0.3 is 0 Å². The third-order valence-corrected chi connectivity index (χ3v) is 5.87. The van der Waals surface area contributed by atoms with Crippen molar-refractivity contribution in [1.29, 1.82) is 0 Å². The Kier molecular flexibility index (Phi) is 5.42. The number of carbonyl (C=O) groups excluding carboxylic acids is 1. The first-order chi connectivity index (χ1) is 15.2. The second-order valence-corrected chi connectivity index (χ2v) is 8.05. The molecule has 31 heavy (non-hydrogen) atoms. The number of pyridine rings is 2. The van der Waals surface area contributed by atoms with Crippen molar-refractivity contribution in [3.63, 3.8) is 0 Å². The molecule has 9 nitrogen and oxygen atoms in total. The fourth-order valence-electron chi connectivity index (χ4n) is 4.10. The Bertz CT molecular complexity index is 1070. The largest absolute Gasteiger partial charge is 0.476 e. The Hall–Kier alpha value is -3.20. The summed E-state index contributed by atoms with van der Waals surface area (Å²) >= 11 is 0. The van der Waals surface area contributed by atoms with E-state index in [9.17, 15) is 4.79 Å². The molecular formula is C22H26N6O3. The number of fused-ring (bicyclic) bond motifs is 1. The lowest BCUT2D eigenvalue weighted by atomic mass is 10.1. The molecule has 2 saturated heterocycles. The highest BCUT2D eigenvalue weighted by atomic mass is 16.5. The molecule has 1 amide bonds. The lowest BCUT2D eigenvalue weighted by molar-refractivity contribution is -0.119. The summed E-state index contributed by atoms with van der Waals surface area (Å²) in [6.45, 7) is 4.39. The van der Waals surface area contributed by atoms with Gasteiger partial charge in [0.15, 0.2) is 0 Å². The number of anilines is 1. The summed E-state index contributed by atoms with van der Waals surface area (Å²) in [5.74, 6) is 1.94. The molecular weight excluding hydrogens is 396 g/mol. The molecule has 9 heteroatoms. The highest BCUT2D eigenvalue weighted by Crippen LogP contribution is 2.29. The van der Waals surface area contributed by atoms with E-state index >= 15 is 0 Å². The number of hydrogen-bond acceptors (Lipinski definition) is 7. The molecule has 3 aromatic heterocycles. The van der Waals surface area contributed by atoms with Crippen LogP contribution in [0, 0.1) is 5.92 Å². The van der Waals surface area contributed by atoms with Crippen molar-refractivity contribution in [3.05, 3.63) is 30.7 Å². The quantitative estimate of drug-likeness (QED) is 0.647. The number of aromatic nitrogens is 4. The van der Waals surface area contributed by atoms with Crippen molar-refractivity contribution in [1.82, 2.24) is 24.8 Å². The molecule has 0 unspecified atom stereocenters. The third kappa shape index (κ3) is 4.18. The Labute approximate surface area is 180 Å². The maximum Gasteiger partial charge on any atom is 0.240 e. The predicted molar refractivity (Wildman–Crippen MR) is 116 cm³/mol.